The van der Waals surface area contributed by atoms with Crippen molar-refractivity contribution in [3.8, 4) is 16.9 Å². The fraction of sp³-hybridized carbons (Fsp3) is 0.0769. The van der Waals surface area contributed by atoms with E-state index in [0.29, 0.717) is 22.0 Å². The molecule has 2 N–H and O–H groups in total. The van der Waals surface area contributed by atoms with Crippen molar-refractivity contribution in [2.24, 2.45) is 0 Å². The number of amides is 2. The molecule has 0 fully saturated rings. The van der Waals surface area contributed by atoms with E-state index < -0.39 is 0 Å². The molecule has 3 aromatic carbocycles. The van der Waals surface area contributed by atoms with Crippen LogP contribution in [0.15, 0.2) is 90.3 Å². The highest BCUT2D eigenvalue weighted by Crippen LogP contribution is 2.36. The maximum atomic E-state index is 13.3. The summed E-state index contributed by atoms with van der Waals surface area (Å²) < 4.78 is 5.18. The van der Waals surface area contributed by atoms with E-state index in [9.17, 15) is 9.59 Å². The predicted molar refractivity (Wildman–Crippen MR) is 129 cm³/mol. The minimum absolute atomic E-state index is 0.170. The molecule has 5 nitrogen and oxygen atoms in total. The van der Waals surface area contributed by atoms with Gasteiger partial charge in [-0.25, -0.2) is 0 Å². The number of ether oxygens (including phenoxy) is 1. The Balaban J connectivity index is 1.62. The number of carbonyl (C=O) groups is 2. The van der Waals surface area contributed by atoms with Crippen LogP contribution in [0.5, 0.6) is 5.75 Å². The summed E-state index contributed by atoms with van der Waals surface area (Å²) in [6.45, 7) is 0. The Kier molecular flexibility index (Phi) is 6.63. The van der Waals surface area contributed by atoms with E-state index in [2.05, 4.69) is 10.6 Å². The van der Waals surface area contributed by atoms with Gasteiger partial charge in [-0.2, -0.15) is 0 Å². The number of carbonyl (C=O) groups excluding carboxylic acids is 2. The minimum Gasteiger partial charge on any atom is -0.497 e. The number of nitrogens with one attached hydrogen (secondary N) is 2. The number of benzene rings is 3. The molecule has 32 heavy (non-hydrogen) atoms. The standard InChI is InChI=1S/C26H22N2O3S/c1-31-21-14-12-20(13-15-21)27-25(30)24-22(19-10-6-3-7-11-19)17-32-26(24)28-23(29)16-18-8-4-2-5-9-18/h2-15,17H,16H2,1H3,(H,27,30)(H,28,29). The minimum atomic E-state index is -0.287. The summed E-state index contributed by atoms with van der Waals surface area (Å²) in [5.74, 6) is 0.249. The van der Waals surface area contributed by atoms with Gasteiger partial charge in [0.15, 0.2) is 0 Å². The van der Waals surface area contributed by atoms with Gasteiger partial charge >= 0.3 is 0 Å². The second-order valence-electron chi connectivity index (χ2n) is 7.11. The molecule has 0 atom stereocenters. The van der Waals surface area contributed by atoms with Gasteiger partial charge in [0.2, 0.25) is 5.91 Å². The van der Waals surface area contributed by atoms with E-state index in [1.54, 1.807) is 31.4 Å². The zero-order valence-corrected chi connectivity index (χ0v) is 18.3. The molecule has 4 aromatic rings. The van der Waals surface area contributed by atoms with Crippen LogP contribution in [-0.2, 0) is 11.2 Å². The van der Waals surface area contributed by atoms with Gasteiger partial charge in [0.1, 0.15) is 10.8 Å². The molecule has 0 aliphatic rings. The topological polar surface area (TPSA) is 67.4 Å². The molecule has 1 aromatic heterocycles. The second kappa shape index (κ2) is 9.94. The summed E-state index contributed by atoms with van der Waals surface area (Å²) in [5, 5.41) is 8.29. The molecule has 0 saturated carbocycles. The van der Waals surface area contributed by atoms with Crippen LogP contribution in [0.1, 0.15) is 15.9 Å². The Morgan fingerprint density at radius 3 is 2.16 bits per heavy atom. The Morgan fingerprint density at radius 1 is 0.844 bits per heavy atom. The number of thiophene rings is 1. The van der Waals surface area contributed by atoms with Crippen LogP contribution in [0, 0.1) is 0 Å². The van der Waals surface area contributed by atoms with Crippen LogP contribution in [-0.4, -0.2) is 18.9 Å². The van der Waals surface area contributed by atoms with E-state index in [0.717, 1.165) is 16.7 Å². The monoisotopic (exact) mass is 442 g/mol. The molecular formula is C26H22N2O3S. The highest BCUT2D eigenvalue weighted by atomic mass is 32.1. The van der Waals surface area contributed by atoms with Crippen LogP contribution >= 0.6 is 11.3 Å². The molecule has 0 radical (unpaired) electrons. The predicted octanol–water partition coefficient (Wildman–Crippen LogP) is 5.86. The third-order valence-corrected chi connectivity index (χ3v) is 5.81. The molecule has 0 bridgehead atoms. The number of anilines is 2. The van der Waals surface area contributed by atoms with E-state index >= 15 is 0 Å². The van der Waals surface area contributed by atoms with E-state index in [4.69, 9.17) is 4.74 Å². The second-order valence-corrected chi connectivity index (χ2v) is 7.99. The van der Waals surface area contributed by atoms with Crippen molar-refractivity contribution in [3.63, 3.8) is 0 Å². The van der Waals surface area contributed by atoms with Gasteiger partial charge in [0.25, 0.3) is 5.91 Å². The largest absolute Gasteiger partial charge is 0.497 e. The van der Waals surface area contributed by atoms with Crippen LogP contribution in [0.25, 0.3) is 11.1 Å². The van der Waals surface area contributed by atoms with Crippen LogP contribution < -0.4 is 15.4 Å². The van der Waals surface area contributed by atoms with Crippen molar-refractivity contribution in [1.82, 2.24) is 0 Å². The Hall–Kier alpha value is -3.90. The molecule has 4 rings (SSSR count). The third kappa shape index (κ3) is 5.04. The molecule has 0 aliphatic carbocycles. The molecule has 6 heteroatoms. The van der Waals surface area contributed by atoms with Gasteiger partial charge in [-0.3, -0.25) is 9.59 Å². The Morgan fingerprint density at radius 2 is 1.50 bits per heavy atom. The first-order valence-corrected chi connectivity index (χ1v) is 11.0. The normalized spacial score (nSPS) is 10.4. The average Bonchev–Trinajstić information content (AvgIpc) is 3.24. The zero-order valence-electron chi connectivity index (χ0n) is 17.5. The first kappa shape index (κ1) is 21.3. The van der Waals surface area contributed by atoms with Crippen molar-refractivity contribution in [1.29, 1.82) is 0 Å². The van der Waals surface area contributed by atoms with Crippen molar-refractivity contribution >= 4 is 33.8 Å². The van der Waals surface area contributed by atoms with Gasteiger partial charge in [-0.1, -0.05) is 60.7 Å². The van der Waals surface area contributed by atoms with Crippen LogP contribution in [0.4, 0.5) is 10.7 Å². The molecular weight excluding hydrogens is 420 g/mol. The number of hydrogen-bond acceptors (Lipinski definition) is 4. The Bertz CT molecular complexity index is 1200. The van der Waals surface area contributed by atoms with Crippen LogP contribution in [0.2, 0.25) is 0 Å². The first-order valence-electron chi connectivity index (χ1n) is 10.1. The van der Waals surface area contributed by atoms with Crippen molar-refractivity contribution in [3.05, 3.63) is 101 Å². The van der Waals surface area contributed by atoms with Gasteiger partial charge in [0.05, 0.1) is 19.1 Å². The fourth-order valence-corrected chi connectivity index (χ4v) is 4.31. The smallest absolute Gasteiger partial charge is 0.259 e. The number of rotatable bonds is 7. The lowest BCUT2D eigenvalue weighted by atomic mass is 10.0. The first-order chi connectivity index (χ1) is 15.6. The highest BCUT2D eigenvalue weighted by Gasteiger charge is 2.22. The molecule has 0 unspecified atom stereocenters. The summed E-state index contributed by atoms with van der Waals surface area (Å²) >= 11 is 1.34. The molecule has 1 heterocycles. The zero-order chi connectivity index (χ0) is 22.3. The average molecular weight is 443 g/mol. The maximum Gasteiger partial charge on any atom is 0.259 e. The lowest BCUT2D eigenvalue weighted by Crippen LogP contribution is -2.18. The van der Waals surface area contributed by atoms with Crippen molar-refractivity contribution in [2.45, 2.75) is 6.42 Å². The molecule has 0 saturated heterocycles. The quantitative estimate of drug-likeness (QED) is 0.377. The number of hydrogen-bond donors (Lipinski definition) is 2. The Labute approximate surface area is 190 Å². The summed E-state index contributed by atoms with van der Waals surface area (Å²) in [5.41, 5.74) is 3.68. The van der Waals surface area contributed by atoms with Crippen molar-refractivity contribution in [2.75, 3.05) is 17.7 Å². The maximum absolute atomic E-state index is 13.3. The summed E-state index contributed by atoms with van der Waals surface area (Å²) in [6, 6.07) is 26.3. The SMILES string of the molecule is COc1ccc(NC(=O)c2c(-c3ccccc3)csc2NC(=O)Cc2ccccc2)cc1. The molecule has 2 amide bonds. The van der Waals surface area contributed by atoms with Gasteiger partial charge in [-0.15, -0.1) is 11.3 Å². The lowest BCUT2D eigenvalue weighted by Gasteiger charge is -2.11. The van der Waals surface area contributed by atoms with Gasteiger partial charge < -0.3 is 15.4 Å². The van der Waals surface area contributed by atoms with Gasteiger partial charge in [0, 0.05) is 16.6 Å². The van der Waals surface area contributed by atoms with Gasteiger partial charge in [-0.05, 0) is 35.4 Å². The fourth-order valence-electron chi connectivity index (χ4n) is 3.33. The lowest BCUT2D eigenvalue weighted by molar-refractivity contribution is -0.115. The van der Waals surface area contributed by atoms with Crippen LogP contribution in [0.3, 0.4) is 0 Å². The van der Waals surface area contributed by atoms with E-state index in [1.807, 2.05) is 66.0 Å². The summed E-state index contributed by atoms with van der Waals surface area (Å²) in [4.78, 5) is 26.0. The molecule has 0 aliphatic heterocycles. The number of methoxy groups -OCH3 is 1. The molecule has 160 valence electrons. The van der Waals surface area contributed by atoms with Crippen molar-refractivity contribution < 1.29 is 14.3 Å². The summed E-state index contributed by atoms with van der Waals surface area (Å²) in [7, 11) is 1.59. The summed E-state index contributed by atoms with van der Waals surface area (Å²) in [6.07, 6.45) is 0.235. The third-order valence-electron chi connectivity index (χ3n) is 4.91. The van der Waals surface area contributed by atoms with E-state index in [-0.39, 0.29) is 18.2 Å². The highest BCUT2D eigenvalue weighted by molar-refractivity contribution is 7.15. The molecule has 0 spiro atoms. The van der Waals surface area contributed by atoms with E-state index in [1.165, 1.54) is 11.3 Å².